The second-order valence-corrected chi connectivity index (χ2v) is 9.66. The van der Waals surface area contributed by atoms with Crippen LogP contribution in [0.25, 0.3) is 0 Å². The van der Waals surface area contributed by atoms with E-state index < -0.39 is 0 Å². The average Bonchev–Trinajstić information content (AvgIpc) is 2.63. The Morgan fingerprint density at radius 2 is 1.33 bits per heavy atom. The van der Waals surface area contributed by atoms with Crippen molar-refractivity contribution in [3.8, 4) is 0 Å². The number of nitrogens with two attached hydrogens (primary N) is 1. The fraction of sp³-hybridized carbons (Fsp3) is 0.913. The van der Waals surface area contributed by atoms with E-state index in [9.17, 15) is 0 Å². The smallest absolute Gasteiger partial charge is 0.0102 e. The lowest BCUT2D eigenvalue weighted by molar-refractivity contribution is -0.0259. The van der Waals surface area contributed by atoms with Gasteiger partial charge in [0, 0.05) is 6.04 Å². The first kappa shape index (κ1) is 20.0. The van der Waals surface area contributed by atoms with Crippen molar-refractivity contribution >= 4 is 0 Å². The van der Waals surface area contributed by atoms with Crippen LogP contribution in [0.3, 0.4) is 0 Å². The maximum atomic E-state index is 6.77. The Kier molecular flexibility index (Phi) is 6.27. The van der Waals surface area contributed by atoms with E-state index in [2.05, 4.69) is 68.4 Å². The fourth-order valence-electron chi connectivity index (χ4n) is 6.27. The second kappa shape index (κ2) is 7.52. The van der Waals surface area contributed by atoms with E-state index >= 15 is 0 Å². The van der Waals surface area contributed by atoms with Crippen molar-refractivity contribution in [2.45, 2.75) is 74.8 Å². The minimum absolute atomic E-state index is 0.313. The van der Waals surface area contributed by atoms with Crippen LogP contribution in [0.15, 0.2) is 11.6 Å². The Labute approximate surface area is 151 Å². The summed E-state index contributed by atoms with van der Waals surface area (Å²) in [6.45, 7) is 21.9. The summed E-state index contributed by atoms with van der Waals surface area (Å²) in [5.74, 6) is 7.27. The molecule has 1 heteroatoms. The van der Waals surface area contributed by atoms with Gasteiger partial charge in [-0.1, -0.05) is 73.5 Å². The van der Waals surface area contributed by atoms with Crippen molar-refractivity contribution in [1.29, 1.82) is 0 Å². The van der Waals surface area contributed by atoms with Gasteiger partial charge in [-0.05, 0) is 66.1 Å². The average molecular weight is 334 g/mol. The molecule has 0 aromatic rings. The summed E-state index contributed by atoms with van der Waals surface area (Å²) in [7, 11) is 0. The zero-order valence-electron chi connectivity index (χ0n) is 17.7. The molecule has 11 atom stereocenters. The Morgan fingerprint density at radius 3 is 1.88 bits per heavy atom. The highest BCUT2D eigenvalue weighted by Crippen LogP contribution is 2.53. The molecule has 1 nitrogen and oxygen atoms in total. The SMILES string of the molecule is CCC1C(C)C(C)C(C)C(C)C1C1C=C(C)C(C)C(C)C(N)C1C. The Balaban J connectivity index is 2.45. The molecule has 24 heavy (non-hydrogen) atoms. The van der Waals surface area contributed by atoms with Gasteiger partial charge < -0.3 is 5.73 Å². The van der Waals surface area contributed by atoms with E-state index in [-0.39, 0.29) is 0 Å². The molecule has 2 aliphatic carbocycles. The second-order valence-electron chi connectivity index (χ2n) is 9.66. The molecule has 0 amide bonds. The fourth-order valence-corrected chi connectivity index (χ4v) is 6.27. The van der Waals surface area contributed by atoms with Gasteiger partial charge in [0.25, 0.3) is 0 Å². The number of hydrogen-bond donors (Lipinski definition) is 1. The first-order chi connectivity index (χ1) is 11.1. The molecule has 140 valence electrons. The Hall–Kier alpha value is -0.300. The van der Waals surface area contributed by atoms with Crippen LogP contribution in [-0.2, 0) is 0 Å². The Bertz CT molecular complexity index is 453. The molecule has 2 rings (SSSR count). The highest BCUT2D eigenvalue weighted by atomic mass is 14.7. The zero-order valence-corrected chi connectivity index (χ0v) is 17.7. The van der Waals surface area contributed by atoms with E-state index in [1.165, 1.54) is 6.42 Å². The molecule has 0 bridgehead atoms. The summed E-state index contributed by atoms with van der Waals surface area (Å²) in [5, 5.41) is 0. The van der Waals surface area contributed by atoms with Crippen molar-refractivity contribution in [3.63, 3.8) is 0 Å². The standard InChI is InChI=1S/C23H43N/c1-10-20-16(6)14(4)15(5)17(7)22(20)21-11-12(2)13(3)18(8)23(24)19(21)9/h11,13-23H,10,24H2,1-9H3. The predicted molar refractivity (Wildman–Crippen MR) is 107 cm³/mol. The van der Waals surface area contributed by atoms with Crippen molar-refractivity contribution in [3.05, 3.63) is 11.6 Å². The van der Waals surface area contributed by atoms with Crippen molar-refractivity contribution in [1.82, 2.24) is 0 Å². The van der Waals surface area contributed by atoms with Crippen LogP contribution in [0.4, 0.5) is 0 Å². The van der Waals surface area contributed by atoms with Crippen LogP contribution in [0.5, 0.6) is 0 Å². The molecule has 0 aromatic carbocycles. The van der Waals surface area contributed by atoms with E-state index in [4.69, 9.17) is 5.73 Å². The molecule has 0 aromatic heterocycles. The molecule has 1 saturated carbocycles. The van der Waals surface area contributed by atoms with Gasteiger partial charge in [-0.2, -0.15) is 0 Å². The van der Waals surface area contributed by atoms with E-state index in [1.54, 1.807) is 5.57 Å². The lowest BCUT2D eigenvalue weighted by Gasteiger charge is -2.52. The lowest BCUT2D eigenvalue weighted by atomic mass is 9.53. The van der Waals surface area contributed by atoms with Gasteiger partial charge in [0.1, 0.15) is 0 Å². The molecule has 1 fully saturated rings. The quantitative estimate of drug-likeness (QED) is 0.616. The van der Waals surface area contributed by atoms with E-state index in [1.807, 2.05) is 0 Å². The van der Waals surface area contributed by atoms with Crippen LogP contribution in [0.1, 0.15) is 68.7 Å². The minimum atomic E-state index is 0.313. The predicted octanol–water partition coefficient (Wildman–Crippen LogP) is 6.00. The third kappa shape index (κ3) is 3.22. The summed E-state index contributed by atoms with van der Waals surface area (Å²) in [6, 6.07) is 0.313. The summed E-state index contributed by atoms with van der Waals surface area (Å²) in [5.41, 5.74) is 8.34. The van der Waals surface area contributed by atoms with Crippen LogP contribution >= 0.6 is 0 Å². The van der Waals surface area contributed by atoms with Gasteiger partial charge in [0.2, 0.25) is 0 Å². The molecule has 0 spiro atoms. The first-order valence-electron chi connectivity index (χ1n) is 10.6. The summed E-state index contributed by atoms with van der Waals surface area (Å²) in [4.78, 5) is 0. The number of allylic oxidation sites excluding steroid dienone is 2. The van der Waals surface area contributed by atoms with Crippen molar-refractivity contribution in [2.75, 3.05) is 0 Å². The van der Waals surface area contributed by atoms with Gasteiger partial charge in [0.15, 0.2) is 0 Å². The van der Waals surface area contributed by atoms with E-state index in [0.717, 1.165) is 35.5 Å². The highest BCUT2D eigenvalue weighted by Gasteiger charge is 2.48. The first-order valence-corrected chi connectivity index (χ1v) is 10.6. The van der Waals surface area contributed by atoms with Gasteiger partial charge in [0.05, 0.1) is 0 Å². The maximum absolute atomic E-state index is 6.77. The largest absolute Gasteiger partial charge is 0.327 e. The number of hydrogen-bond acceptors (Lipinski definition) is 1. The molecular formula is C23H43N. The van der Waals surface area contributed by atoms with Crippen LogP contribution in [0.2, 0.25) is 0 Å². The third-order valence-electron chi connectivity index (χ3n) is 8.96. The van der Waals surface area contributed by atoms with Gasteiger partial charge in [-0.3, -0.25) is 0 Å². The maximum Gasteiger partial charge on any atom is 0.0102 e. The van der Waals surface area contributed by atoms with Gasteiger partial charge in [-0.15, -0.1) is 0 Å². The zero-order chi connectivity index (χ0) is 18.3. The van der Waals surface area contributed by atoms with Crippen LogP contribution < -0.4 is 5.73 Å². The minimum Gasteiger partial charge on any atom is -0.327 e. The summed E-state index contributed by atoms with van der Waals surface area (Å²) in [6.07, 6.45) is 3.96. The van der Waals surface area contributed by atoms with Gasteiger partial charge in [-0.25, -0.2) is 0 Å². The molecule has 2 aliphatic rings. The third-order valence-corrected chi connectivity index (χ3v) is 8.96. The topological polar surface area (TPSA) is 26.0 Å². The lowest BCUT2D eigenvalue weighted by Crippen LogP contribution is -2.49. The normalized spacial score (nSPS) is 53.4. The molecular weight excluding hydrogens is 290 g/mol. The molecule has 0 aliphatic heterocycles. The Morgan fingerprint density at radius 1 is 0.792 bits per heavy atom. The molecule has 0 heterocycles. The highest BCUT2D eigenvalue weighted by molar-refractivity contribution is 5.14. The van der Waals surface area contributed by atoms with Crippen molar-refractivity contribution < 1.29 is 0 Å². The van der Waals surface area contributed by atoms with Gasteiger partial charge >= 0.3 is 0 Å². The molecule has 0 radical (unpaired) electrons. The van der Waals surface area contributed by atoms with Crippen molar-refractivity contribution in [2.24, 2.45) is 64.9 Å². The van der Waals surface area contributed by atoms with E-state index in [0.29, 0.717) is 29.7 Å². The van der Waals surface area contributed by atoms with Crippen LogP contribution in [-0.4, -0.2) is 6.04 Å². The summed E-state index contributed by atoms with van der Waals surface area (Å²) < 4.78 is 0. The molecule has 0 saturated heterocycles. The number of rotatable bonds is 2. The summed E-state index contributed by atoms with van der Waals surface area (Å²) >= 11 is 0. The molecule has 2 N–H and O–H groups in total. The molecule has 11 unspecified atom stereocenters. The monoisotopic (exact) mass is 333 g/mol. The van der Waals surface area contributed by atoms with Crippen LogP contribution in [0, 0.1) is 59.2 Å².